The number of benzene rings is 2. The second-order valence-corrected chi connectivity index (χ2v) is 8.05. The van der Waals surface area contributed by atoms with E-state index < -0.39 is 10.0 Å². The molecule has 1 aliphatic rings. The summed E-state index contributed by atoms with van der Waals surface area (Å²) in [5, 5.41) is 1.99. The summed E-state index contributed by atoms with van der Waals surface area (Å²) in [6.07, 6.45) is 0.816. The van der Waals surface area contributed by atoms with E-state index in [4.69, 9.17) is 5.73 Å². The molecule has 6 heteroatoms. The predicted molar refractivity (Wildman–Crippen MR) is 91.7 cm³/mol. The van der Waals surface area contributed by atoms with Gasteiger partial charge in [0.1, 0.15) is 0 Å². The van der Waals surface area contributed by atoms with Crippen LogP contribution >= 0.6 is 12.4 Å². The number of nitrogens with zero attached hydrogens (tertiary/aromatic N) is 1. The molecule has 1 saturated heterocycles. The Balaban J connectivity index is 0.00000176. The van der Waals surface area contributed by atoms with Crippen molar-refractivity contribution in [1.29, 1.82) is 0 Å². The zero-order valence-electron chi connectivity index (χ0n) is 12.5. The summed E-state index contributed by atoms with van der Waals surface area (Å²) in [5.41, 5.74) is 5.66. The first-order chi connectivity index (χ1) is 9.94. The molecule has 1 heterocycles. The molecule has 0 radical (unpaired) electrons. The fourth-order valence-electron chi connectivity index (χ4n) is 2.83. The Morgan fingerprint density at radius 3 is 2.50 bits per heavy atom. The van der Waals surface area contributed by atoms with E-state index in [0.29, 0.717) is 24.5 Å². The fourth-order valence-corrected chi connectivity index (χ4v) is 4.45. The molecule has 0 aromatic heterocycles. The number of nitrogens with two attached hydrogens (primary N) is 1. The van der Waals surface area contributed by atoms with Crippen molar-refractivity contribution in [1.82, 2.24) is 4.31 Å². The highest BCUT2D eigenvalue weighted by Crippen LogP contribution is 2.33. The topological polar surface area (TPSA) is 63.4 Å². The molecular weight excluding hydrogens is 320 g/mol. The van der Waals surface area contributed by atoms with Crippen LogP contribution in [-0.4, -0.2) is 32.4 Å². The Morgan fingerprint density at radius 2 is 1.86 bits per heavy atom. The van der Waals surface area contributed by atoms with Gasteiger partial charge in [0.2, 0.25) is 10.0 Å². The normalized spacial score (nSPS) is 22.6. The van der Waals surface area contributed by atoms with Crippen molar-refractivity contribution in [2.45, 2.75) is 18.2 Å². The molecule has 1 unspecified atom stereocenters. The predicted octanol–water partition coefficient (Wildman–Crippen LogP) is 2.62. The summed E-state index contributed by atoms with van der Waals surface area (Å²) in [4.78, 5) is 0.363. The lowest BCUT2D eigenvalue weighted by atomic mass is 9.90. The van der Waals surface area contributed by atoms with Crippen molar-refractivity contribution >= 4 is 33.2 Å². The summed E-state index contributed by atoms with van der Waals surface area (Å²) in [7, 11) is -3.43. The zero-order valence-corrected chi connectivity index (χ0v) is 14.2. The average Bonchev–Trinajstić information content (AvgIpc) is 2.91. The van der Waals surface area contributed by atoms with E-state index in [1.807, 2.05) is 37.3 Å². The van der Waals surface area contributed by atoms with Gasteiger partial charge in [0.15, 0.2) is 0 Å². The average molecular weight is 341 g/mol. The van der Waals surface area contributed by atoms with Crippen LogP contribution in [0.1, 0.15) is 13.3 Å². The van der Waals surface area contributed by atoms with E-state index in [1.165, 1.54) is 0 Å². The number of sulfonamides is 1. The SMILES string of the molecule is CC1(CN)CCN(S(=O)(=O)c2ccc3ccccc3c2)C1.Cl. The van der Waals surface area contributed by atoms with Gasteiger partial charge < -0.3 is 5.73 Å². The third-order valence-corrected chi connectivity index (χ3v) is 6.22. The molecule has 2 N–H and O–H groups in total. The van der Waals surface area contributed by atoms with Gasteiger partial charge in [-0.15, -0.1) is 12.4 Å². The summed E-state index contributed by atoms with van der Waals surface area (Å²) < 4.78 is 27.1. The van der Waals surface area contributed by atoms with E-state index in [2.05, 4.69) is 0 Å². The van der Waals surface area contributed by atoms with Crippen LogP contribution in [0.25, 0.3) is 10.8 Å². The highest BCUT2D eigenvalue weighted by Gasteiger charge is 2.38. The summed E-state index contributed by atoms with van der Waals surface area (Å²) in [6.45, 7) is 3.60. The van der Waals surface area contributed by atoms with Crippen LogP contribution in [0.15, 0.2) is 47.4 Å². The molecule has 0 aliphatic carbocycles. The van der Waals surface area contributed by atoms with Crippen LogP contribution in [0.5, 0.6) is 0 Å². The Labute approximate surface area is 137 Å². The number of fused-ring (bicyclic) bond motifs is 1. The van der Waals surface area contributed by atoms with E-state index in [0.717, 1.165) is 17.2 Å². The van der Waals surface area contributed by atoms with Crippen molar-refractivity contribution in [2.75, 3.05) is 19.6 Å². The minimum Gasteiger partial charge on any atom is -0.330 e. The fraction of sp³-hybridized carbons (Fsp3) is 0.375. The molecule has 120 valence electrons. The Morgan fingerprint density at radius 1 is 1.18 bits per heavy atom. The largest absolute Gasteiger partial charge is 0.330 e. The molecule has 3 rings (SSSR count). The molecule has 0 saturated carbocycles. The minimum absolute atomic E-state index is 0. The smallest absolute Gasteiger partial charge is 0.243 e. The number of rotatable bonds is 3. The van der Waals surface area contributed by atoms with Gasteiger partial charge in [-0.1, -0.05) is 37.3 Å². The van der Waals surface area contributed by atoms with Gasteiger partial charge in [-0.2, -0.15) is 4.31 Å². The zero-order chi connectivity index (χ0) is 15.1. The van der Waals surface area contributed by atoms with Crippen LogP contribution in [0.3, 0.4) is 0 Å². The lowest BCUT2D eigenvalue weighted by molar-refractivity contribution is 0.349. The third kappa shape index (κ3) is 2.99. The van der Waals surface area contributed by atoms with Gasteiger partial charge in [-0.25, -0.2) is 8.42 Å². The first-order valence-electron chi connectivity index (χ1n) is 7.14. The monoisotopic (exact) mass is 340 g/mol. The van der Waals surface area contributed by atoms with Gasteiger partial charge in [0.05, 0.1) is 4.90 Å². The minimum atomic E-state index is -3.43. The van der Waals surface area contributed by atoms with Gasteiger partial charge in [-0.05, 0) is 41.3 Å². The molecular formula is C16H21ClN2O2S. The molecule has 0 bridgehead atoms. The van der Waals surface area contributed by atoms with Gasteiger partial charge in [-0.3, -0.25) is 0 Å². The molecule has 1 fully saturated rings. The van der Waals surface area contributed by atoms with Crippen molar-refractivity contribution in [3.63, 3.8) is 0 Å². The molecule has 4 nitrogen and oxygen atoms in total. The molecule has 0 spiro atoms. The van der Waals surface area contributed by atoms with Crippen molar-refractivity contribution < 1.29 is 8.42 Å². The first-order valence-corrected chi connectivity index (χ1v) is 8.58. The van der Waals surface area contributed by atoms with E-state index in [9.17, 15) is 8.42 Å². The van der Waals surface area contributed by atoms with Gasteiger partial charge >= 0.3 is 0 Å². The lowest BCUT2D eigenvalue weighted by Gasteiger charge is -2.22. The first kappa shape index (κ1) is 17.2. The summed E-state index contributed by atoms with van der Waals surface area (Å²) in [6, 6.07) is 13.1. The molecule has 2 aromatic carbocycles. The maximum absolute atomic E-state index is 12.8. The second kappa shape index (κ2) is 6.16. The van der Waals surface area contributed by atoms with E-state index in [-0.39, 0.29) is 17.8 Å². The second-order valence-electron chi connectivity index (χ2n) is 6.11. The Hall–Kier alpha value is -1.14. The van der Waals surface area contributed by atoms with Gasteiger partial charge in [0, 0.05) is 13.1 Å². The van der Waals surface area contributed by atoms with Crippen LogP contribution in [0, 0.1) is 5.41 Å². The maximum atomic E-state index is 12.8. The molecule has 22 heavy (non-hydrogen) atoms. The molecule has 0 amide bonds. The third-order valence-electron chi connectivity index (χ3n) is 4.37. The van der Waals surface area contributed by atoms with E-state index in [1.54, 1.807) is 16.4 Å². The van der Waals surface area contributed by atoms with Crippen LogP contribution in [-0.2, 0) is 10.0 Å². The number of hydrogen-bond acceptors (Lipinski definition) is 3. The Kier molecular flexibility index (Phi) is 4.82. The van der Waals surface area contributed by atoms with Crippen molar-refractivity contribution in [3.8, 4) is 0 Å². The van der Waals surface area contributed by atoms with Crippen LogP contribution in [0.2, 0.25) is 0 Å². The van der Waals surface area contributed by atoms with Crippen LogP contribution in [0.4, 0.5) is 0 Å². The van der Waals surface area contributed by atoms with Crippen molar-refractivity contribution in [2.24, 2.45) is 11.1 Å². The lowest BCUT2D eigenvalue weighted by Crippen LogP contribution is -2.34. The Bertz CT molecular complexity index is 779. The van der Waals surface area contributed by atoms with Crippen molar-refractivity contribution in [3.05, 3.63) is 42.5 Å². The highest BCUT2D eigenvalue weighted by molar-refractivity contribution is 7.89. The highest BCUT2D eigenvalue weighted by atomic mass is 35.5. The van der Waals surface area contributed by atoms with E-state index >= 15 is 0 Å². The van der Waals surface area contributed by atoms with Crippen LogP contribution < -0.4 is 5.73 Å². The maximum Gasteiger partial charge on any atom is 0.243 e. The molecule has 1 atom stereocenters. The van der Waals surface area contributed by atoms with Gasteiger partial charge in [0.25, 0.3) is 0 Å². The molecule has 1 aliphatic heterocycles. The summed E-state index contributed by atoms with van der Waals surface area (Å²) >= 11 is 0. The number of hydrogen-bond donors (Lipinski definition) is 1. The molecule has 2 aromatic rings. The quantitative estimate of drug-likeness (QED) is 0.934. The number of halogens is 1. The standard InChI is InChI=1S/C16H20N2O2S.ClH/c1-16(11-17)8-9-18(12-16)21(19,20)15-7-6-13-4-2-3-5-14(13)10-15;/h2-7,10H,8-9,11-12,17H2,1H3;1H. The summed E-state index contributed by atoms with van der Waals surface area (Å²) in [5.74, 6) is 0.